The molecule has 0 unspecified atom stereocenters. The number of ether oxygens (including phenoxy) is 2. The van der Waals surface area contributed by atoms with Crippen molar-refractivity contribution in [2.24, 2.45) is 0 Å². The summed E-state index contributed by atoms with van der Waals surface area (Å²) >= 11 is 7.01. The van der Waals surface area contributed by atoms with Crippen molar-refractivity contribution in [2.45, 2.75) is 11.9 Å². The van der Waals surface area contributed by atoms with Gasteiger partial charge in [0.05, 0.1) is 39.0 Å². The lowest BCUT2D eigenvalue weighted by molar-refractivity contribution is 0.0584. The second-order valence-electron chi connectivity index (χ2n) is 3.88. The molecule has 2 heterocycles. The van der Waals surface area contributed by atoms with Crippen molar-refractivity contribution in [3.05, 3.63) is 41.3 Å². The maximum atomic E-state index is 11.0. The van der Waals surface area contributed by atoms with E-state index in [0.717, 1.165) is 10.8 Å². The van der Waals surface area contributed by atoms with E-state index in [-0.39, 0.29) is 16.5 Å². The van der Waals surface area contributed by atoms with Gasteiger partial charge in [-0.1, -0.05) is 18.5 Å². The third kappa shape index (κ3) is 6.47. The van der Waals surface area contributed by atoms with E-state index >= 15 is 0 Å². The van der Waals surface area contributed by atoms with Gasteiger partial charge in [0.1, 0.15) is 10.2 Å². The number of hydrogen-bond donors (Lipinski definition) is 0. The van der Waals surface area contributed by atoms with Crippen LogP contribution in [0.25, 0.3) is 0 Å². The number of carbonyl (C=O) groups excluding carboxylic acids is 2. The lowest BCUT2D eigenvalue weighted by Crippen LogP contribution is -2.04. The van der Waals surface area contributed by atoms with Crippen LogP contribution in [0.1, 0.15) is 27.9 Å². The highest BCUT2D eigenvalue weighted by molar-refractivity contribution is 7.99. The molecule has 0 saturated heterocycles. The van der Waals surface area contributed by atoms with Crippen LogP contribution in [0.3, 0.4) is 0 Å². The predicted octanol–water partition coefficient (Wildman–Crippen LogP) is 2.29. The van der Waals surface area contributed by atoms with Gasteiger partial charge in [0, 0.05) is 0 Å². The first-order valence-electron chi connectivity index (χ1n) is 6.60. The zero-order chi connectivity index (χ0) is 17.9. The number of esters is 2. The molecule has 0 atom stereocenters. The number of methoxy groups -OCH3 is 2. The molecule has 0 aliphatic heterocycles. The van der Waals surface area contributed by atoms with Gasteiger partial charge in [-0.3, -0.25) is 0 Å². The van der Waals surface area contributed by atoms with Crippen molar-refractivity contribution in [1.29, 1.82) is 0 Å². The average Bonchev–Trinajstić information content (AvgIpc) is 2.62. The van der Waals surface area contributed by atoms with E-state index < -0.39 is 11.9 Å². The SMILES string of the molecule is CCSc1cnc(C(=O)OC)cn1.COC(=O)c1cnc(Cl)cn1. The maximum Gasteiger partial charge on any atom is 0.358 e. The second kappa shape index (κ2) is 10.5. The Bertz CT molecular complexity index is 667. The van der Waals surface area contributed by atoms with Crippen molar-refractivity contribution in [3.63, 3.8) is 0 Å². The minimum absolute atomic E-state index is 0.150. The molecule has 2 rings (SSSR count). The number of rotatable bonds is 4. The first-order chi connectivity index (χ1) is 11.5. The molecular formula is C14H15ClN4O4S. The third-order valence-corrected chi connectivity index (χ3v) is 3.32. The number of hydrogen-bond acceptors (Lipinski definition) is 9. The van der Waals surface area contributed by atoms with Crippen LogP contribution >= 0.6 is 23.4 Å². The molecule has 8 nitrogen and oxygen atoms in total. The Balaban J connectivity index is 0.000000243. The summed E-state index contributed by atoms with van der Waals surface area (Å²) in [6.45, 7) is 2.03. The van der Waals surface area contributed by atoms with Crippen molar-refractivity contribution in [2.75, 3.05) is 20.0 Å². The molecule has 0 aromatic carbocycles. The van der Waals surface area contributed by atoms with Crippen LogP contribution in [0.15, 0.2) is 29.8 Å². The van der Waals surface area contributed by atoms with Gasteiger partial charge in [-0.15, -0.1) is 11.8 Å². The van der Waals surface area contributed by atoms with E-state index in [1.165, 1.54) is 32.8 Å². The zero-order valence-corrected chi connectivity index (χ0v) is 14.8. The third-order valence-electron chi connectivity index (χ3n) is 2.33. The Hall–Kier alpha value is -2.26. The van der Waals surface area contributed by atoms with Crippen LogP contribution in [0.4, 0.5) is 0 Å². The Labute approximate surface area is 148 Å². The average molecular weight is 371 g/mol. The molecule has 0 bridgehead atoms. The van der Waals surface area contributed by atoms with Gasteiger partial charge < -0.3 is 9.47 Å². The van der Waals surface area contributed by atoms with Crippen LogP contribution in [-0.4, -0.2) is 51.8 Å². The lowest BCUT2D eigenvalue weighted by Gasteiger charge is -1.98. The van der Waals surface area contributed by atoms with Crippen LogP contribution in [0.2, 0.25) is 5.15 Å². The lowest BCUT2D eigenvalue weighted by atomic mass is 10.5. The summed E-state index contributed by atoms with van der Waals surface area (Å²) in [6.07, 6.45) is 5.53. The number of aromatic nitrogens is 4. The van der Waals surface area contributed by atoms with Crippen LogP contribution in [-0.2, 0) is 9.47 Å². The number of nitrogens with zero attached hydrogens (tertiary/aromatic N) is 4. The summed E-state index contributed by atoms with van der Waals surface area (Å²) in [4.78, 5) is 37.0. The molecule has 2 aromatic heterocycles. The monoisotopic (exact) mass is 370 g/mol. The van der Waals surface area contributed by atoms with Gasteiger partial charge in [0.25, 0.3) is 0 Å². The molecule has 0 radical (unpaired) electrons. The van der Waals surface area contributed by atoms with Crippen LogP contribution in [0.5, 0.6) is 0 Å². The standard InChI is InChI=1S/C8H10N2O2S.C6H5ClN2O2/c1-3-13-7-5-9-6(4-10-7)8(11)12-2;1-11-6(10)4-2-9-5(7)3-8-4/h4-5H,3H2,1-2H3;2-3H,1H3. The summed E-state index contributed by atoms with van der Waals surface area (Å²) in [6, 6.07) is 0. The molecule has 0 fully saturated rings. The molecular weight excluding hydrogens is 356 g/mol. The van der Waals surface area contributed by atoms with Crippen molar-refractivity contribution < 1.29 is 19.1 Å². The van der Waals surface area contributed by atoms with Gasteiger partial charge in [0.15, 0.2) is 11.4 Å². The van der Waals surface area contributed by atoms with E-state index in [1.54, 1.807) is 18.0 Å². The van der Waals surface area contributed by atoms with Crippen molar-refractivity contribution in [3.8, 4) is 0 Å². The summed E-state index contributed by atoms with van der Waals surface area (Å²) in [7, 11) is 2.59. The van der Waals surface area contributed by atoms with Gasteiger partial charge in [-0.25, -0.2) is 29.5 Å². The van der Waals surface area contributed by atoms with Gasteiger partial charge in [-0.2, -0.15) is 0 Å². The fourth-order valence-corrected chi connectivity index (χ4v) is 1.92. The van der Waals surface area contributed by atoms with E-state index in [1.807, 2.05) is 6.92 Å². The minimum atomic E-state index is -0.519. The molecule has 0 aliphatic rings. The van der Waals surface area contributed by atoms with E-state index in [9.17, 15) is 9.59 Å². The molecule has 128 valence electrons. The molecule has 0 aliphatic carbocycles. The fraction of sp³-hybridized carbons (Fsp3) is 0.286. The first kappa shape index (κ1) is 19.8. The van der Waals surface area contributed by atoms with Gasteiger partial charge >= 0.3 is 11.9 Å². The van der Waals surface area contributed by atoms with Crippen molar-refractivity contribution >= 4 is 35.3 Å². The van der Waals surface area contributed by atoms with E-state index in [4.69, 9.17) is 11.6 Å². The zero-order valence-electron chi connectivity index (χ0n) is 13.2. The van der Waals surface area contributed by atoms with E-state index in [2.05, 4.69) is 29.4 Å². The van der Waals surface area contributed by atoms with Gasteiger partial charge in [0.2, 0.25) is 0 Å². The molecule has 0 N–H and O–H groups in total. The topological polar surface area (TPSA) is 104 Å². The highest BCUT2D eigenvalue weighted by Crippen LogP contribution is 2.12. The van der Waals surface area contributed by atoms with Crippen LogP contribution in [0, 0.1) is 0 Å². The minimum Gasteiger partial charge on any atom is -0.464 e. The van der Waals surface area contributed by atoms with E-state index in [0.29, 0.717) is 0 Å². The Morgan fingerprint density at radius 2 is 1.50 bits per heavy atom. The second-order valence-corrected chi connectivity index (χ2v) is 5.55. The molecule has 0 spiro atoms. The number of carbonyl (C=O) groups is 2. The Morgan fingerprint density at radius 1 is 0.958 bits per heavy atom. The molecule has 10 heteroatoms. The Kier molecular flexibility index (Phi) is 8.66. The van der Waals surface area contributed by atoms with Crippen LogP contribution < -0.4 is 0 Å². The highest BCUT2D eigenvalue weighted by Gasteiger charge is 2.07. The Morgan fingerprint density at radius 3 is 1.88 bits per heavy atom. The summed E-state index contributed by atoms with van der Waals surface area (Å²) in [5.41, 5.74) is 0.389. The first-order valence-corrected chi connectivity index (χ1v) is 7.97. The smallest absolute Gasteiger partial charge is 0.358 e. The molecule has 24 heavy (non-hydrogen) atoms. The fourth-order valence-electron chi connectivity index (χ4n) is 1.27. The number of thioether (sulfide) groups is 1. The molecule has 2 aromatic rings. The van der Waals surface area contributed by atoms with Gasteiger partial charge in [-0.05, 0) is 5.75 Å². The normalized spacial score (nSPS) is 9.50. The highest BCUT2D eigenvalue weighted by atomic mass is 35.5. The summed E-state index contributed by atoms with van der Waals surface area (Å²) < 4.78 is 8.88. The number of halogens is 1. The quantitative estimate of drug-likeness (QED) is 0.592. The summed E-state index contributed by atoms with van der Waals surface area (Å²) in [5, 5.41) is 1.06. The summed E-state index contributed by atoms with van der Waals surface area (Å²) in [5.74, 6) is -0.0404. The van der Waals surface area contributed by atoms with Crippen molar-refractivity contribution in [1.82, 2.24) is 19.9 Å². The molecule has 0 amide bonds. The maximum absolute atomic E-state index is 11.0. The predicted molar refractivity (Wildman–Crippen MR) is 88.2 cm³/mol. The largest absolute Gasteiger partial charge is 0.464 e. The molecule has 0 saturated carbocycles.